The van der Waals surface area contributed by atoms with E-state index in [0.717, 1.165) is 5.56 Å². The smallest absolute Gasteiger partial charge is 0.253 e. The van der Waals surface area contributed by atoms with Gasteiger partial charge in [-0.15, -0.1) is 0 Å². The number of amides is 1. The number of aromatic amines is 1. The molecule has 0 saturated heterocycles. The fourth-order valence-corrected chi connectivity index (χ4v) is 1.80. The maximum absolute atomic E-state index is 12.3. The zero-order valence-corrected chi connectivity index (χ0v) is 11.1. The highest BCUT2D eigenvalue weighted by Crippen LogP contribution is 2.09. The Labute approximate surface area is 117 Å². The molecule has 0 spiro atoms. The van der Waals surface area contributed by atoms with E-state index in [2.05, 4.69) is 22.0 Å². The van der Waals surface area contributed by atoms with Gasteiger partial charge in [0, 0.05) is 36.5 Å². The van der Waals surface area contributed by atoms with Crippen LogP contribution in [0.5, 0.6) is 0 Å². The Morgan fingerprint density at radius 3 is 3.05 bits per heavy atom. The summed E-state index contributed by atoms with van der Waals surface area (Å²) in [6.07, 6.45) is 3.44. The molecule has 5 heteroatoms. The topological polar surface area (TPSA) is 69.2 Å². The molecule has 102 valence electrons. The van der Waals surface area contributed by atoms with Gasteiger partial charge in [-0.2, -0.15) is 5.10 Å². The van der Waals surface area contributed by atoms with Crippen LogP contribution in [0.4, 0.5) is 0 Å². The maximum Gasteiger partial charge on any atom is 0.253 e. The van der Waals surface area contributed by atoms with E-state index in [0.29, 0.717) is 17.7 Å². The van der Waals surface area contributed by atoms with Crippen molar-refractivity contribution in [2.24, 2.45) is 0 Å². The summed E-state index contributed by atoms with van der Waals surface area (Å²) in [7, 11) is 1.74. The van der Waals surface area contributed by atoms with Crippen LogP contribution in [0.15, 0.2) is 36.7 Å². The third-order valence-electron chi connectivity index (χ3n) is 2.74. The number of aliphatic hydroxyl groups excluding tert-OH is 1. The number of H-pyrrole nitrogens is 1. The van der Waals surface area contributed by atoms with Crippen LogP contribution in [0.25, 0.3) is 0 Å². The molecule has 2 N–H and O–H groups in total. The van der Waals surface area contributed by atoms with Crippen molar-refractivity contribution < 1.29 is 9.90 Å². The maximum atomic E-state index is 12.3. The molecule has 0 aliphatic rings. The lowest BCUT2D eigenvalue weighted by Crippen LogP contribution is -2.26. The summed E-state index contributed by atoms with van der Waals surface area (Å²) < 4.78 is 0. The first-order valence-electron chi connectivity index (χ1n) is 6.13. The molecule has 0 bridgehead atoms. The predicted octanol–water partition coefficient (Wildman–Crippen LogP) is 1.03. The summed E-state index contributed by atoms with van der Waals surface area (Å²) in [5.41, 5.74) is 2.22. The molecule has 1 aromatic heterocycles. The van der Waals surface area contributed by atoms with Gasteiger partial charge in [-0.05, 0) is 18.2 Å². The molecule has 5 nitrogen and oxygen atoms in total. The van der Waals surface area contributed by atoms with Gasteiger partial charge < -0.3 is 10.0 Å². The number of nitrogens with zero attached hydrogens (tertiary/aromatic N) is 2. The average Bonchev–Trinajstić information content (AvgIpc) is 2.97. The van der Waals surface area contributed by atoms with Gasteiger partial charge in [0.15, 0.2) is 0 Å². The summed E-state index contributed by atoms with van der Waals surface area (Å²) >= 11 is 0. The van der Waals surface area contributed by atoms with Crippen LogP contribution >= 0.6 is 0 Å². The number of rotatable bonds is 3. The number of hydrogen-bond acceptors (Lipinski definition) is 3. The Morgan fingerprint density at radius 1 is 1.50 bits per heavy atom. The zero-order chi connectivity index (χ0) is 14.4. The highest BCUT2D eigenvalue weighted by molar-refractivity contribution is 5.94. The van der Waals surface area contributed by atoms with Crippen LogP contribution in [0.2, 0.25) is 0 Å². The minimum absolute atomic E-state index is 0.0844. The lowest BCUT2D eigenvalue weighted by Gasteiger charge is -2.16. The first-order valence-corrected chi connectivity index (χ1v) is 6.13. The van der Waals surface area contributed by atoms with Gasteiger partial charge >= 0.3 is 0 Å². The fraction of sp³-hybridized carbons (Fsp3) is 0.200. The van der Waals surface area contributed by atoms with Crippen LogP contribution in [0.1, 0.15) is 21.5 Å². The lowest BCUT2D eigenvalue weighted by atomic mass is 10.1. The van der Waals surface area contributed by atoms with Crippen molar-refractivity contribution in [2.45, 2.75) is 6.54 Å². The minimum Gasteiger partial charge on any atom is -0.384 e. The average molecular weight is 269 g/mol. The predicted molar refractivity (Wildman–Crippen MR) is 74.8 cm³/mol. The molecule has 0 fully saturated rings. The molecule has 20 heavy (non-hydrogen) atoms. The second kappa shape index (κ2) is 6.55. The highest BCUT2D eigenvalue weighted by Gasteiger charge is 2.12. The molecular formula is C15H15N3O2. The SMILES string of the molecule is CN(Cc1cn[nH]c1)C(=O)c1cccc(C#CCO)c1. The Kier molecular flexibility index (Phi) is 4.53. The van der Waals surface area contributed by atoms with Crippen molar-refractivity contribution in [3.63, 3.8) is 0 Å². The van der Waals surface area contributed by atoms with E-state index in [4.69, 9.17) is 5.11 Å². The number of benzene rings is 1. The van der Waals surface area contributed by atoms with Crippen molar-refractivity contribution in [2.75, 3.05) is 13.7 Å². The Hall–Kier alpha value is -2.58. The molecule has 0 atom stereocenters. The Balaban J connectivity index is 2.12. The van der Waals surface area contributed by atoms with Gasteiger partial charge in [-0.1, -0.05) is 17.9 Å². The van der Waals surface area contributed by atoms with Crippen LogP contribution in [0.3, 0.4) is 0 Å². The van der Waals surface area contributed by atoms with Crippen molar-refractivity contribution in [3.05, 3.63) is 53.3 Å². The van der Waals surface area contributed by atoms with Crippen LogP contribution in [-0.4, -0.2) is 39.8 Å². The Bertz CT molecular complexity index is 639. The van der Waals surface area contributed by atoms with Gasteiger partial charge in [0.25, 0.3) is 5.91 Å². The van der Waals surface area contributed by atoms with Crippen molar-refractivity contribution in [1.29, 1.82) is 0 Å². The molecule has 0 radical (unpaired) electrons. The van der Waals surface area contributed by atoms with Crippen LogP contribution in [-0.2, 0) is 6.54 Å². The van der Waals surface area contributed by atoms with E-state index in [9.17, 15) is 4.79 Å². The van der Waals surface area contributed by atoms with Crippen molar-refractivity contribution >= 4 is 5.91 Å². The third-order valence-corrected chi connectivity index (χ3v) is 2.74. The number of hydrogen-bond donors (Lipinski definition) is 2. The molecule has 2 aromatic rings. The number of nitrogens with one attached hydrogen (secondary N) is 1. The summed E-state index contributed by atoms with van der Waals surface area (Å²) in [6, 6.07) is 7.05. The quantitative estimate of drug-likeness (QED) is 0.818. The second-order valence-electron chi connectivity index (χ2n) is 4.31. The van der Waals surface area contributed by atoms with E-state index in [1.807, 2.05) is 0 Å². The molecule has 0 unspecified atom stereocenters. The third kappa shape index (κ3) is 3.46. The number of aromatic nitrogens is 2. The molecule has 0 saturated carbocycles. The number of aliphatic hydroxyl groups is 1. The lowest BCUT2D eigenvalue weighted by molar-refractivity contribution is 0.0785. The van der Waals surface area contributed by atoms with E-state index < -0.39 is 0 Å². The van der Waals surface area contributed by atoms with E-state index in [1.165, 1.54) is 0 Å². The molecule has 1 heterocycles. The number of carbonyl (C=O) groups excluding carboxylic acids is 1. The minimum atomic E-state index is -0.196. The molecule has 0 aliphatic heterocycles. The van der Waals surface area contributed by atoms with E-state index in [1.54, 1.807) is 48.6 Å². The first kappa shape index (κ1) is 13.8. The number of carbonyl (C=O) groups is 1. The van der Waals surface area contributed by atoms with E-state index >= 15 is 0 Å². The monoisotopic (exact) mass is 269 g/mol. The van der Waals surface area contributed by atoms with Crippen LogP contribution < -0.4 is 0 Å². The molecular weight excluding hydrogens is 254 g/mol. The Morgan fingerprint density at radius 2 is 2.35 bits per heavy atom. The van der Waals surface area contributed by atoms with Gasteiger partial charge in [0.1, 0.15) is 6.61 Å². The summed E-state index contributed by atoms with van der Waals surface area (Å²) in [4.78, 5) is 13.9. The van der Waals surface area contributed by atoms with Gasteiger partial charge in [-0.3, -0.25) is 9.89 Å². The normalized spacial score (nSPS) is 9.70. The van der Waals surface area contributed by atoms with Gasteiger partial charge in [-0.25, -0.2) is 0 Å². The highest BCUT2D eigenvalue weighted by atomic mass is 16.2. The summed E-state index contributed by atoms with van der Waals surface area (Å²) in [5.74, 6) is 5.27. The van der Waals surface area contributed by atoms with Crippen molar-refractivity contribution in [3.8, 4) is 11.8 Å². The van der Waals surface area contributed by atoms with Crippen LogP contribution in [0, 0.1) is 11.8 Å². The molecule has 1 amide bonds. The standard InChI is InChI=1S/C15H15N3O2/c1-18(11-13-9-16-17-10-13)15(20)14-6-2-4-12(8-14)5-3-7-19/h2,4,6,8-10,19H,7,11H2,1H3,(H,16,17). The first-order chi connectivity index (χ1) is 9.70. The van der Waals surface area contributed by atoms with E-state index in [-0.39, 0.29) is 12.5 Å². The molecule has 2 rings (SSSR count). The fourth-order valence-electron chi connectivity index (χ4n) is 1.80. The molecule has 0 aliphatic carbocycles. The second-order valence-corrected chi connectivity index (χ2v) is 4.31. The largest absolute Gasteiger partial charge is 0.384 e. The summed E-state index contributed by atoms with van der Waals surface area (Å²) in [5, 5.41) is 15.2. The zero-order valence-electron chi connectivity index (χ0n) is 11.1. The summed E-state index contributed by atoms with van der Waals surface area (Å²) in [6.45, 7) is 0.292. The molecule has 1 aromatic carbocycles. The van der Waals surface area contributed by atoms with Gasteiger partial charge in [0.05, 0.1) is 6.20 Å². The van der Waals surface area contributed by atoms with Gasteiger partial charge in [0.2, 0.25) is 0 Å². The van der Waals surface area contributed by atoms with Crippen molar-refractivity contribution in [1.82, 2.24) is 15.1 Å².